The van der Waals surface area contributed by atoms with Crippen LogP contribution in [0.25, 0.3) is 0 Å². The van der Waals surface area contributed by atoms with Crippen LogP contribution in [0, 0.1) is 11.3 Å². The van der Waals surface area contributed by atoms with Gasteiger partial charge in [0.2, 0.25) is 0 Å². The predicted octanol–water partition coefficient (Wildman–Crippen LogP) is 2.62. The highest BCUT2D eigenvalue weighted by Gasteiger charge is 2.54. The second kappa shape index (κ2) is 5.43. The Morgan fingerprint density at radius 1 is 1.37 bits per heavy atom. The van der Waals surface area contributed by atoms with E-state index in [0.29, 0.717) is 6.42 Å². The lowest BCUT2D eigenvalue weighted by Crippen LogP contribution is -2.42. The van der Waals surface area contributed by atoms with Crippen molar-refractivity contribution in [2.75, 3.05) is 0 Å². The first-order valence-electron chi connectivity index (χ1n) is 6.52. The smallest absolute Gasteiger partial charge is 0.324 e. The van der Waals surface area contributed by atoms with Gasteiger partial charge in [-0.1, -0.05) is 43.7 Å². The maximum Gasteiger partial charge on any atom is 0.324 e. The van der Waals surface area contributed by atoms with E-state index in [0.717, 1.165) is 18.4 Å². The molecule has 19 heavy (non-hydrogen) atoms. The molecular weight excluding hydrogens is 244 g/mol. The fraction of sp³-hybridized carbons (Fsp3) is 0.467. The number of benzene rings is 1. The number of carboxylic acid groups (broad SMARTS) is 1. The number of hydrogen-bond acceptors (Lipinski definition) is 3. The fourth-order valence-electron chi connectivity index (χ4n) is 2.74. The maximum atomic E-state index is 12.2. The Morgan fingerprint density at radius 2 is 2.05 bits per heavy atom. The molecule has 0 amide bonds. The normalized spacial score (nSPS) is 26.1. The van der Waals surface area contributed by atoms with Crippen LogP contribution in [0.3, 0.4) is 0 Å². The van der Waals surface area contributed by atoms with Crippen LogP contribution in [0.2, 0.25) is 0 Å². The molecule has 0 aromatic heterocycles. The molecule has 1 aromatic carbocycles. The van der Waals surface area contributed by atoms with Gasteiger partial charge in [-0.2, -0.15) is 0 Å². The Labute approximate surface area is 112 Å². The lowest BCUT2D eigenvalue weighted by atomic mass is 9.79. The maximum absolute atomic E-state index is 12.2. The molecule has 1 aliphatic carbocycles. The monoisotopic (exact) mass is 262 g/mol. The van der Waals surface area contributed by atoms with Crippen molar-refractivity contribution in [2.45, 2.75) is 32.8 Å². The molecule has 0 saturated heterocycles. The minimum atomic E-state index is -1.35. The van der Waals surface area contributed by atoms with Crippen molar-refractivity contribution in [3.63, 3.8) is 0 Å². The molecular formula is C15H18O4. The molecule has 2 atom stereocenters. The molecule has 4 nitrogen and oxygen atoms in total. The van der Waals surface area contributed by atoms with E-state index in [1.54, 1.807) is 0 Å². The topological polar surface area (TPSA) is 63.6 Å². The third-order valence-electron chi connectivity index (χ3n) is 4.01. The van der Waals surface area contributed by atoms with Gasteiger partial charge in [0.15, 0.2) is 5.41 Å². The van der Waals surface area contributed by atoms with E-state index < -0.39 is 17.4 Å². The molecule has 0 bridgehead atoms. The van der Waals surface area contributed by atoms with E-state index in [-0.39, 0.29) is 12.5 Å². The zero-order chi connectivity index (χ0) is 13.9. The average molecular weight is 262 g/mol. The number of carboxylic acids is 1. The summed E-state index contributed by atoms with van der Waals surface area (Å²) in [6.45, 7) is 1.94. The third kappa shape index (κ3) is 2.48. The first kappa shape index (κ1) is 13.6. The molecule has 1 aliphatic rings. The van der Waals surface area contributed by atoms with Crippen molar-refractivity contribution < 1.29 is 19.4 Å². The standard InChI is InChI=1S/C15H18O4/c1-11-6-5-9-15(11,13(16)17)14(18)19-10-12-7-3-2-4-8-12/h2-4,7-8,11H,5-6,9-10H2,1H3,(H,16,17). The molecule has 102 valence electrons. The van der Waals surface area contributed by atoms with E-state index in [1.807, 2.05) is 37.3 Å². The molecule has 2 unspecified atom stereocenters. The zero-order valence-electron chi connectivity index (χ0n) is 11.0. The number of ether oxygens (including phenoxy) is 1. The summed E-state index contributed by atoms with van der Waals surface area (Å²) in [5, 5.41) is 9.40. The molecule has 1 aromatic rings. The summed E-state index contributed by atoms with van der Waals surface area (Å²) in [4.78, 5) is 23.7. The molecule has 1 N–H and O–H groups in total. The lowest BCUT2D eigenvalue weighted by molar-refractivity contribution is -0.172. The van der Waals surface area contributed by atoms with Crippen LogP contribution in [0.5, 0.6) is 0 Å². The Hall–Kier alpha value is -1.84. The van der Waals surface area contributed by atoms with Gasteiger partial charge < -0.3 is 9.84 Å². The number of carbonyl (C=O) groups is 2. The zero-order valence-corrected chi connectivity index (χ0v) is 11.0. The first-order chi connectivity index (χ1) is 9.07. The minimum absolute atomic E-state index is 0.126. The molecule has 1 fully saturated rings. The summed E-state index contributed by atoms with van der Waals surface area (Å²) < 4.78 is 5.23. The fourth-order valence-corrected chi connectivity index (χ4v) is 2.74. The van der Waals surface area contributed by atoms with Crippen molar-refractivity contribution in [1.29, 1.82) is 0 Å². The van der Waals surface area contributed by atoms with Gasteiger partial charge in [0.05, 0.1) is 0 Å². The average Bonchev–Trinajstić information content (AvgIpc) is 2.80. The van der Waals surface area contributed by atoms with Crippen LogP contribution in [0.1, 0.15) is 31.7 Å². The molecule has 4 heteroatoms. The summed E-state index contributed by atoms with van der Waals surface area (Å²) in [6.07, 6.45) is 1.89. The highest BCUT2D eigenvalue weighted by molar-refractivity contribution is 5.99. The highest BCUT2D eigenvalue weighted by Crippen LogP contribution is 2.44. The van der Waals surface area contributed by atoms with E-state index in [2.05, 4.69) is 0 Å². The number of aliphatic carboxylic acids is 1. The Balaban J connectivity index is 2.07. The second-order valence-corrected chi connectivity index (χ2v) is 5.13. The van der Waals surface area contributed by atoms with Crippen LogP contribution in [-0.4, -0.2) is 17.0 Å². The third-order valence-corrected chi connectivity index (χ3v) is 4.01. The van der Waals surface area contributed by atoms with E-state index in [9.17, 15) is 14.7 Å². The largest absolute Gasteiger partial charge is 0.480 e. The Morgan fingerprint density at radius 3 is 2.58 bits per heavy atom. The first-order valence-corrected chi connectivity index (χ1v) is 6.52. The predicted molar refractivity (Wildman–Crippen MR) is 69.3 cm³/mol. The van der Waals surface area contributed by atoms with Crippen LogP contribution in [0.15, 0.2) is 30.3 Å². The highest BCUT2D eigenvalue weighted by atomic mass is 16.5. The van der Waals surface area contributed by atoms with Crippen LogP contribution >= 0.6 is 0 Å². The number of esters is 1. The number of hydrogen-bond donors (Lipinski definition) is 1. The van der Waals surface area contributed by atoms with Gasteiger partial charge >= 0.3 is 11.9 Å². The van der Waals surface area contributed by atoms with Crippen molar-refractivity contribution in [3.8, 4) is 0 Å². The SMILES string of the molecule is CC1CCCC1(C(=O)O)C(=O)OCc1ccccc1. The van der Waals surface area contributed by atoms with Crippen molar-refractivity contribution in [3.05, 3.63) is 35.9 Å². The second-order valence-electron chi connectivity index (χ2n) is 5.13. The van der Waals surface area contributed by atoms with Crippen LogP contribution in [-0.2, 0) is 20.9 Å². The minimum Gasteiger partial charge on any atom is -0.480 e. The summed E-state index contributed by atoms with van der Waals surface area (Å²) in [5.41, 5.74) is -0.489. The van der Waals surface area contributed by atoms with Gasteiger partial charge in [0.25, 0.3) is 0 Å². The quantitative estimate of drug-likeness (QED) is 0.669. The van der Waals surface area contributed by atoms with Gasteiger partial charge in [0.1, 0.15) is 6.61 Å². The molecule has 0 heterocycles. The van der Waals surface area contributed by atoms with E-state index in [4.69, 9.17) is 4.74 Å². The van der Waals surface area contributed by atoms with E-state index in [1.165, 1.54) is 0 Å². The summed E-state index contributed by atoms with van der Waals surface area (Å²) >= 11 is 0. The van der Waals surface area contributed by atoms with Gasteiger partial charge in [-0.3, -0.25) is 9.59 Å². The number of rotatable bonds is 4. The summed E-state index contributed by atoms with van der Waals surface area (Å²) in [6, 6.07) is 9.28. The van der Waals surface area contributed by atoms with Crippen LogP contribution in [0.4, 0.5) is 0 Å². The Kier molecular flexibility index (Phi) is 3.88. The van der Waals surface area contributed by atoms with Gasteiger partial charge in [-0.15, -0.1) is 0 Å². The summed E-state index contributed by atoms with van der Waals surface area (Å²) in [5.74, 6) is -1.84. The van der Waals surface area contributed by atoms with Gasteiger partial charge in [-0.25, -0.2) is 0 Å². The summed E-state index contributed by atoms with van der Waals surface area (Å²) in [7, 11) is 0. The van der Waals surface area contributed by atoms with Crippen molar-refractivity contribution in [1.82, 2.24) is 0 Å². The van der Waals surface area contributed by atoms with Crippen LogP contribution < -0.4 is 0 Å². The molecule has 0 spiro atoms. The molecule has 0 aliphatic heterocycles. The van der Waals surface area contributed by atoms with Crippen molar-refractivity contribution in [2.24, 2.45) is 11.3 Å². The molecule has 2 rings (SSSR count). The van der Waals surface area contributed by atoms with E-state index >= 15 is 0 Å². The van der Waals surface area contributed by atoms with Gasteiger partial charge in [-0.05, 0) is 24.3 Å². The molecule has 1 saturated carbocycles. The lowest BCUT2D eigenvalue weighted by Gasteiger charge is -2.26. The molecule has 0 radical (unpaired) electrons. The van der Waals surface area contributed by atoms with Gasteiger partial charge in [0, 0.05) is 0 Å². The Bertz CT molecular complexity index is 468. The number of carbonyl (C=O) groups excluding carboxylic acids is 1. The van der Waals surface area contributed by atoms with Crippen molar-refractivity contribution >= 4 is 11.9 Å².